The van der Waals surface area contributed by atoms with Gasteiger partial charge in [0.1, 0.15) is 5.75 Å². The highest BCUT2D eigenvalue weighted by Crippen LogP contribution is 2.26. The van der Waals surface area contributed by atoms with Crippen LogP contribution in [0, 0.1) is 25.2 Å². The maximum absolute atomic E-state index is 10.5. The number of carboxylic acid groups (broad SMARTS) is 1. The highest BCUT2D eigenvalue weighted by Gasteiger charge is 2.11. The van der Waals surface area contributed by atoms with Gasteiger partial charge in [-0.1, -0.05) is 0 Å². The van der Waals surface area contributed by atoms with Crippen molar-refractivity contribution in [3.05, 3.63) is 28.8 Å². The first-order valence-corrected chi connectivity index (χ1v) is 5.84. The Morgan fingerprint density at radius 1 is 1.44 bits per heavy atom. The average molecular weight is 247 g/mol. The van der Waals surface area contributed by atoms with Gasteiger partial charge in [0.25, 0.3) is 0 Å². The minimum Gasteiger partial charge on any atom is -0.490 e. The second-order valence-corrected chi connectivity index (χ2v) is 4.41. The molecule has 4 nitrogen and oxygen atoms in total. The third kappa shape index (κ3) is 3.77. The van der Waals surface area contributed by atoms with E-state index >= 15 is 0 Å². The Morgan fingerprint density at radius 2 is 2.00 bits per heavy atom. The van der Waals surface area contributed by atoms with Crippen molar-refractivity contribution in [2.24, 2.45) is 0 Å². The summed E-state index contributed by atoms with van der Waals surface area (Å²) in [5.74, 6) is -0.0781. The van der Waals surface area contributed by atoms with Crippen molar-refractivity contribution in [2.45, 2.75) is 39.7 Å². The molecule has 4 heteroatoms. The maximum atomic E-state index is 10.5. The Bertz CT molecular complexity index is 465. The molecule has 0 aromatic heterocycles. The Labute approximate surface area is 107 Å². The molecular formula is C14H17NO3. The lowest BCUT2D eigenvalue weighted by molar-refractivity contribution is -0.137. The summed E-state index contributed by atoms with van der Waals surface area (Å²) in [6.07, 6.45) is 0.399. The number of aliphatic carboxylic acids is 1. The maximum Gasteiger partial charge on any atom is 0.303 e. The van der Waals surface area contributed by atoms with Crippen LogP contribution in [-0.2, 0) is 4.79 Å². The largest absolute Gasteiger partial charge is 0.490 e. The predicted molar refractivity (Wildman–Crippen MR) is 67.6 cm³/mol. The van der Waals surface area contributed by atoms with Gasteiger partial charge in [-0.2, -0.15) is 5.26 Å². The molecular weight excluding hydrogens is 230 g/mol. The zero-order valence-corrected chi connectivity index (χ0v) is 10.9. The van der Waals surface area contributed by atoms with Gasteiger partial charge in [-0.25, -0.2) is 0 Å². The fourth-order valence-corrected chi connectivity index (χ4v) is 1.79. The van der Waals surface area contributed by atoms with Gasteiger partial charge in [0, 0.05) is 6.42 Å². The van der Waals surface area contributed by atoms with Crippen LogP contribution in [-0.4, -0.2) is 17.2 Å². The van der Waals surface area contributed by atoms with Crippen LogP contribution in [0.25, 0.3) is 0 Å². The summed E-state index contributed by atoms with van der Waals surface area (Å²) in [4.78, 5) is 10.5. The smallest absolute Gasteiger partial charge is 0.303 e. The standard InChI is InChI=1S/C14H17NO3/c1-9-6-12(8-15)7-10(2)14(9)18-11(3)4-5-13(16)17/h6-7,11H,4-5H2,1-3H3,(H,16,17). The summed E-state index contributed by atoms with van der Waals surface area (Å²) in [5.41, 5.74) is 2.40. The van der Waals surface area contributed by atoms with Gasteiger partial charge in [0.15, 0.2) is 0 Å². The van der Waals surface area contributed by atoms with E-state index in [4.69, 9.17) is 15.1 Å². The van der Waals surface area contributed by atoms with Crippen molar-refractivity contribution < 1.29 is 14.6 Å². The lowest BCUT2D eigenvalue weighted by Crippen LogP contribution is -2.15. The molecule has 0 aliphatic carbocycles. The van der Waals surface area contributed by atoms with Crippen molar-refractivity contribution >= 4 is 5.97 Å². The lowest BCUT2D eigenvalue weighted by Gasteiger charge is -2.18. The number of nitriles is 1. The SMILES string of the molecule is Cc1cc(C#N)cc(C)c1OC(C)CCC(=O)O. The Hall–Kier alpha value is -2.02. The molecule has 96 valence electrons. The number of hydrogen-bond acceptors (Lipinski definition) is 3. The lowest BCUT2D eigenvalue weighted by atomic mass is 10.1. The third-order valence-electron chi connectivity index (χ3n) is 2.67. The number of carbonyl (C=O) groups is 1. The van der Waals surface area contributed by atoms with Gasteiger partial charge < -0.3 is 9.84 Å². The number of aryl methyl sites for hydroxylation is 2. The first-order valence-electron chi connectivity index (χ1n) is 5.84. The molecule has 1 aromatic carbocycles. The minimum atomic E-state index is -0.821. The summed E-state index contributed by atoms with van der Waals surface area (Å²) < 4.78 is 5.75. The number of nitrogens with zero attached hydrogens (tertiary/aromatic N) is 1. The molecule has 0 radical (unpaired) electrons. The van der Waals surface area contributed by atoms with E-state index in [1.165, 1.54) is 0 Å². The van der Waals surface area contributed by atoms with E-state index < -0.39 is 5.97 Å². The monoisotopic (exact) mass is 247 g/mol. The first kappa shape index (κ1) is 14.0. The molecule has 0 aliphatic rings. The summed E-state index contributed by atoms with van der Waals surface area (Å²) in [5, 5.41) is 17.5. The Morgan fingerprint density at radius 3 is 2.44 bits per heavy atom. The van der Waals surface area contributed by atoms with Crippen LogP contribution in [0.15, 0.2) is 12.1 Å². The summed E-state index contributed by atoms with van der Waals surface area (Å²) in [6.45, 7) is 5.61. The molecule has 18 heavy (non-hydrogen) atoms. The van der Waals surface area contributed by atoms with Crippen LogP contribution in [0.2, 0.25) is 0 Å². The van der Waals surface area contributed by atoms with Crippen molar-refractivity contribution in [1.29, 1.82) is 5.26 Å². The van der Waals surface area contributed by atoms with Crippen molar-refractivity contribution in [2.75, 3.05) is 0 Å². The van der Waals surface area contributed by atoms with Gasteiger partial charge in [-0.15, -0.1) is 0 Å². The van der Waals surface area contributed by atoms with E-state index in [1.54, 1.807) is 12.1 Å². The highest BCUT2D eigenvalue weighted by molar-refractivity contribution is 5.66. The average Bonchev–Trinajstić information content (AvgIpc) is 2.30. The van der Waals surface area contributed by atoms with E-state index in [-0.39, 0.29) is 12.5 Å². The summed E-state index contributed by atoms with van der Waals surface area (Å²) >= 11 is 0. The quantitative estimate of drug-likeness (QED) is 0.868. The zero-order chi connectivity index (χ0) is 13.7. The fraction of sp³-hybridized carbons (Fsp3) is 0.429. The van der Waals surface area contributed by atoms with Gasteiger partial charge in [0.2, 0.25) is 0 Å². The first-order chi connectivity index (χ1) is 8.43. The molecule has 1 atom stereocenters. The van der Waals surface area contributed by atoms with Crippen LogP contribution >= 0.6 is 0 Å². The topological polar surface area (TPSA) is 70.3 Å². The van der Waals surface area contributed by atoms with E-state index in [1.807, 2.05) is 20.8 Å². The molecule has 0 bridgehead atoms. The number of hydrogen-bond donors (Lipinski definition) is 1. The third-order valence-corrected chi connectivity index (χ3v) is 2.67. The van der Waals surface area contributed by atoms with Crippen LogP contribution in [0.3, 0.4) is 0 Å². The molecule has 0 heterocycles. The molecule has 0 saturated heterocycles. The zero-order valence-electron chi connectivity index (χ0n) is 10.9. The van der Waals surface area contributed by atoms with Crippen LogP contribution in [0.5, 0.6) is 5.75 Å². The van der Waals surface area contributed by atoms with Gasteiger partial charge >= 0.3 is 5.97 Å². The van der Waals surface area contributed by atoms with Crippen molar-refractivity contribution in [3.63, 3.8) is 0 Å². The van der Waals surface area contributed by atoms with Crippen molar-refractivity contribution in [3.8, 4) is 11.8 Å². The molecule has 1 rings (SSSR count). The molecule has 1 unspecified atom stereocenters. The van der Waals surface area contributed by atoms with E-state index in [2.05, 4.69) is 6.07 Å². The van der Waals surface area contributed by atoms with Gasteiger partial charge in [-0.3, -0.25) is 4.79 Å². The van der Waals surface area contributed by atoms with Crippen molar-refractivity contribution in [1.82, 2.24) is 0 Å². The number of benzene rings is 1. The second kappa shape index (κ2) is 6.06. The molecule has 1 aromatic rings. The Kier molecular flexibility index (Phi) is 4.73. The van der Waals surface area contributed by atoms with E-state index in [0.29, 0.717) is 12.0 Å². The highest BCUT2D eigenvalue weighted by atomic mass is 16.5. The Balaban J connectivity index is 2.79. The van der Waals surface area contributed by atoms with E-state index in [0.717, 1.165) is 16.9 Å². The second-order valence-electron chi connectivity index (χ2n) is 4.41. The fourth-order valence-electron chi connectivity index (χ4n) is 1.79. The molecule has 1 N–H and O–H groups in total. The summed E-state index contributed by atoms with van der Waals surface area (Å²) in [6, 6.07) is 5.64. The number of ether oxygens (including phenoxy) is 1. The minimum absolute atomic E-state index is 0.0928. The van der Waals surface area contributed by atoms with Gasteiger partial charge in [0.05, 0.1) is 17.7 Å². The molecule has 0 spiro atoms. The van der Waals surface area contributed by atoms with Crippen LogP contribution in [0.4, 0.5) is 0 Å². The number of carboxylic acids is 1. The molecule has 0 saturated carbocycles. The number of rotatable bonds is 5. The van der Waals surface area contributed by atoms with Crippen LogP contribution < -0.4 is 4.74 Å². The molecule has 0 aliphatic heterocycles. The predicted octanol–water partition coefficient (Wildman–Crippen LogP) is 2.81. The summed E-state index contributed by atoms with van der Waals surface area (Å²) in [7, 11) is 0. The van der Waals surface area contributed by atoms with Gasteiger partial charge in [-0.05, 0) is 50.5 Å². The molecule has 0 amide bonds. The molecule has 0 fully saturated rings. The normalized spacial score (nSPS) is 11.7. The van der Waals surface area contributed by atoms with E-state index in [9.17, 15) is 4.79 Å². The van der Waals surface area contributed by atoms with Crippen LogP contribution in [0.1, 0.15) is 36.5 Å².